The topological polar surface area (TPSA) is 20.3 Å². The molecule has 0 aromatic carbocycles. The van der Waals surface area contributed by atoms with Crippen LogP contribution in [0.5, 0.6) is 0 Å². The zero-order valence-corrected chi connectivity index (χ0v) is 10.7. The summed E-state index contributed by atoms with van der Waals surface area (Å²) in [5, 5.41) is 1.05. The summed E-state index contributed by atoms with van der Waals surface area (Å²) in [6.07, 6.45) is 4.72. The Hall–Kier alpha value is -0.0500. The molecule has 0 aliphatic carbocycles. The third-order valence-corrected chi connectivity index (χ3v) is 3.39. The van der Waals surface area contributed by atoms with Gasteiger partial charge in [0.15, 0.2) is 0 Å². The first-order valence-corrected chi connectivity index (χ1v) is 6.65. The molecule has 0 aromatic rings. The lowest BCUT2D eigenvalue weighted by molar-refractivity contribution is -0.135. The van der Waals surface area contributed by atoms with E-state index in [-0.39, 0.29) is 5.92 Å². The van der Waals surface area contributed by atoms with Gasteiger partial charge in [0.2, 0.25) is 5.91 Å². The van der Waals surface area contributed by atoms with Crippen LogP contribution < -0.4 is 0 Å². The van der Waals surface area contributed by atoms with Gasteiger partial charge in [-0.3, -0.25) is 4.79 Å². The smallest absolute Gasteiger partial charge is 0.225 e. The van der Waals surface area contributed by atoms with E-state index < -0.39 is 0 Å². The molecule has 1 unspecified atom stereocenters. The predicted octanol–water partition coefficient (Wildman–Crippen LogP) is 2.81. The molecule has 0 aromatic heterocycles. The number of carbonyl (C=O) groups excluding carboxylic acids is 1. The van der Waals surface area contributed by atoms with Gasteiger partial charge in [-0.25, -0.2) is 0 Å². The lowest BCUT2D eigenvalue weighted by Gasteiger charge is -2.26. The molecule has 1 saturated heterocycles. The first-order chi connectivity index (χ1) is 6.66. The van der Waals surface area contributed by atoms with Crippen LogP contribution in [-0.2, 0) is 4.79 Å². The Kier molecular flexibility index (Phi) is 4.93. The number of hydrogen-bond acceptors (Lipinski definition) is 1. The van der Waals surface area contributed by atoms with Gasteiger partial charge in [-0.05, 0) is 25.7 Å². The van der Waals surface area contributed by atoms with Crippen molar-refractivity contribution in [1.29, 1.82) is 0 Å². The van der Waals surface area contributed by atoms with E-state index >= 15 is 0 Å². The van der Waals surface area contributed by atoms with Crippen LogP contribution in [0.4, 0.5) is 0 Å². The molecule has 0 radical (unpaired) electrons. The van der Waals surface area contributed by atoms with E-state index in [2.05, 4.69) is 20.8 Å². The van der Waals surface area contributed by atoms with E-state index in [1.807, 2.05) is 13.8 Å². The molecule has 3 heteroatoms. The summed E-state index contributed by atoms with van der Waals surface area (Å²) in [5.74, 6) is 0.488. The Morgan fingerprint density at radius 3 is 2.86 bits per heavy atom. The lowest BCUT2D eigenvalue weighted by Crippen LogP contribution is -2.38. The molecule has 1 amide bonds. The Morgan fingerprint density at radius 2 is 2.29 bits per heavy atom. The monoisotopic (exact) mass is 261 g/mol. The summed E-state index contributed by atoms with van der Waals surface area (Å²) in [7, 11) is 0. The van der Waals surface area contributed by atoms with Crippen molar-refractivity contribution in [3.8, 4) is 0 Å². The highest BCUT2D eigenvalue weighted by molar-refractivity contribution is 9.09. The van der Waals surface area contributed by atoms with Crippen molar-refractivity contribution in [3.63, 3.8) is 0 Å². The van der Waals surface area contributed by atoms with E-state index in [4.69, 9.17) is 0 Å². The van der Waals surface area contributed by atoms with Gasteiger partial charge in [0, 0.05) is 23.8 Å². The number of carbonyl (C=O) groups is 1. The Bertz CT molecular complexity index is 194. The van der Waals surface area contributed by atoms with Crippen molar-refractivity contribution in [1.82, 2.24) is 4.90 Å². The van der Waals surface area contributed by atoms with Crippen molar-refractivity contribution in [2.45, 2.75) is 45.6 Å². The zero-order chi connectivity index (χ0) is 10.6. The lowest BCUT2D eigenvalue weighted by atomic mass is 10.1. The highest BCUT2D eigenvalue weighted by Gasteiger charge is 2.29. The number of halogens is 1. The molecular formula is C11H20BrNO. The van der Waals surface area contributed by atoms with E-state index in [9.17, 15) is 4.79 Å². The quantitative estimate of drug-likeness (QED) is 0.713. The van der Waals surface area contributed by atoms with Gasteiger partial charge in [0.1, 0.15) is 0 Å². The van der Waals surface area contributed by atoms with Gasteiger partial charge in [-0.15, -0.1) is 0 Å². The largest absolute Gasteiger partial charge is 0.339 e. The van der Waals surface area contributed by atoms with Crippen LogP contribution in [0.2, 0.25) is 0 Å². The summed E-state index contributed by atoms with van der Waals surface area (Å²) < 4.78 is 0. The summed E-state index contributed by atoms with van der Waals surface area (Å²) >= 11 is 3.44. The molecule has 1 heterocycles. The van der Waals surface area contributed by atoms with Crippen LogP contribution in [0, 0.1) is 5.92 Å². The molecule has 14 heavy (non-hydrogen) atoms. The van der Waals surface area contributed by atoms with Crippen LogP contribution in [0.15, 0.2) is 0 Å². The molecule has 1 fully saturated rings. The normalized spacial score (nSPS) is 22.0. The molecule has 1 rings (SSSR count). The summed E-state index contributed by atoms with van der Waals surface area (Å²) in [6.45, 7) is 4.95. The first-order valence-electron chi connectivity index (χ1n) is 5.53. The molecule has 0 bridgehead atoms. The molecule has 2 nitrogen and oxygen atoms in total. The van der Waals surface area contributed by atoms with E-state index in [0.29, 0.717) is 11.9 Å². The van der Waals surface area contributed by atoms with Crippen LogP contribution in [0.3, 0.4) is 0 Å². The second-order valence-electron chi connectivity index (χ2n) is 4.31. The van der Waals surface area contributed by atoms with Crippen molar-refractivity contribution in [2.24, 2.45) is 5.92 Å². The maximum Gasteiger partial charge on any atom is 0.225 e. The fourth-order valence-electron chi connectivity index (χ4n) is 2.07. The van der Waals surface area contributed by atoms with Crippen LogP contribution in [-0.4, -0.2) is 28.7 Å². The zero-order valence-electron chi connectivity index (χ0n) is 9.13. The molecule has 1 aliphatic heterocycles. The molecule has 1 aliphatic rings. The molecule has 0 saturated carbocycles. The van der Waals surface area contributed by atoms with Gasteiger partial charge in [-0.1, -0.05) is 29.8 Å². The van der Waals surface area contributed by atoms with Crippen molar-refractivity contribution >= 4 is 21.8 Å². The van der Waals surface area contributed by atoms with Crippen molar-refractivity contribution < 1.29 is 4.79 Å². The number of hydrogen-bond donors (Lipinski definition) is 0. The second-order valence-corrected chi connectivity index (χ2v) is 5.11. The average molecular weight is 262 g/mol. The summed E-state index contributed by atoms with van der Waals surface area (Å²) in [5.41, 5.74) is 0. The second kappa shape index (κ2) is 5.74. The Morgan fingerprint density at radius 1 is 1.57 bits per heavy atom. The van der Waals surface area contributed by atoms with E-state index in [1.54, 1.807) is 0 Å². The molecular weight excluding hydrogens is 242 g/mol. The molecule has 1 atom stereocenters. The minimum atomic E-state index is 0.152. The highest BCUT2D eigenvalue weighted by atomic mass is 79.9. The average Bonchev–Trinajstić information content (AvgIpc) is 2.61. The molecule has 0 spiro atoms. The Balaban J connectivity index is 2.46. The van der Waals surface area contributed by atoms with Gasteiger partial charge in [0.05, 0.1) is 0 Å². The molecule has 0 N–H and O–H groups in total. The van der Waals surface area contributed by atoms with Gasteiger partial charge in [-0.2, -0.15) is 0 Å². The fourth-order valence-corrected chi connectivity index (χ4v) is 2.39. The number of alkyl halides is 1. The van der Waals surface area contributed by atoms with Crippen LogP contribution >= 0.6 is 15.9 Å². The third-order valence-electron chi connectivity index (χ3n) is 2.83. The standard InChI is InChI=1S/C11H20BrNO/c1-9(2)11(14)13-8-4-6-10(13)5-3-7-12/h9-10H,3-8H2,1-2H3. The van der Waals surface area contributed by atoms with Gasteiger partial charge >= 0.3 is 0 Å². The van der Waals surface area contributed by atoms with E-state index in [0.717, 1.165) is 18.3 Å². The van der Waals surface area contributed by atoms with Crippen LogP contribution in [0.25, 0.3) is 0 Å². The molecule has 82 valence electrons. The van der Waals surface area contributed by atoms with Gasteiger partial charge < -0.3 is 4.90 Å². The van der Waals surface area contributed by atoms with Crippen LogP contribution in [0.1, 0.15) is 39.5 Å². The maximum atomic E-state index is 11.8. The fraction of sp³-hybridized carbons (Fsp3) is 0.909. The van der Waals surface area contributed by atoms with Crippen molar-refractivity contribution in [3.05, 3.63) is 0 Å². The van der Waals surface area contributed by atoms with Gasteiger partial charge in [0.25, 0.3) is 0 Å². The first kappa shape index (κ1) is 12.0. The number of nitrogens with zero attached hydrogens (tertiary/aromatic N) is 1. The van der Waals surface area contributed by atoms with Crippen molar-refractivity contribution in [2.75, 3.05) is 11.9 Å². The number of rotatable bonds is 4. The predicted molar refractivity (Wildman–Crippen MR) is 62.6 cm³/mol. The SMILES string of the molecule is CC(C)C(=O)N1CCCC1CCCBr. The van der Waals surface area contributed by atoms with E-state index in [1.165, 1.54) is 19.3 Å². The number of likely N-dealkylation sites (tertiary alicyclic amines) is 1. The summed E-state index contributed by atoms with van der Waals surface area (Å²) in [6, 6.07) is 0.516. The highest BCUT2D eigenvalue weighted by Crippen LogP contribution is 2.23. The number of amides is 1. The Labute approximate surface area is 95.2 Å². The third kappa shape index (κ3) is 2.97. The minimum Gasteiger partial charge on any atom is -0.339 e. The minimum absolute atomic E-state index is 0.152. The maximum absolute atomic E-state index is 11.8. The summed E-state index contributed by atoms with van der Waals surface area (Å²) in [4.78, 5) is 13.9.